The lowest BCUT2D eigenvalue weighted by Crippen LogP contribution is -2.35. The molecule has 94 valence electrons. The number of nitrogens with one attached hydrogen (secondary N) is 1. The van der Waals surface area contributed by atoms with Crippen molar-refractivity contribution in [3.63, 3.8) is 0 Å². The van der Waals surface area contributed by atoms with Crippen molar-refractivity contribution in [2.75, 3.05) is 13.7 Å². The summed E-state index contributed by atoms with van der Waals surface area (Å²) in [5, 5.41) is 11.1. The topological polar surface area (TPSA) is 58.6 Å². The van der Waals surface area contributed by atoms with Gasteiger partial charge in [-0.25, -0.2) is 8.78 Å². The molecule has 0 aromatic heterocycles. The summed E-state index contributed by atoms with van der Waals surface area (Å²) in [6, 6.07) is 6.39. The number of aliphatic hydroxyl groups excluding tert-OH is 1. The van der Waals surface area contributed by atoms with Crippen LogP contribution in [0.25, 0.3) is 0 Å². The number of aliphatic hydroxyl groups is 1. The zero-order valence-corrected chi connectivity index (χ0v) is 9.19. The van der Waals surface area contributed by atoms with Gasteiger partial charge in [-0.05, 0) is 12.1 Å². The van der Waals surface area contributed by atoms with E-state index in [4.69, 9.17) is 9.84 Å². The van der Waals surface area contributed by atoms with Crippen LogP contribution in [-0.4, -0.2) is 37.2 Å². The third-order valence-electron chi connectivity index (χ3n) is 2.11. The number of methoxy groups -OCH3 is 1. The summed E-state index contributed by atoms with van der Waals surface area (Å²) in [5.41, 5.74) is 0.233. The predicted molar refractivity (Wildman–Crippen MR) is 57.3 cm³/mol. The van der Waals surface area contributed by atoms with Crippen molar-refractivity contribution in [3.8, 4) is 5.75 Å². The van der Waals surface area contributed by atoms with Crippen LogP contribution in [0, 0.1) is 0 Å². The van der Waals surface area contributed by atoms with Crippen LogP contribution < -0.4 is 10.1 Å². The number of carbonyl (C=O) groups excluding carboxylic acids is 1. The van der Waals surface area contributed by atoms with Gasteiger partial charge < -0.3 is 15.2 Å². The lowest BCUT2D eigenvalue weighted by Gasteiger charge is -2.12. The van der Waals surface area contributed by atoms with Crippen molar-refractivity contribution < 1.29 is 23.4 Å². The minimum Gasteiger partial charge on any atom is -0.496 e. The Bertz CT molecular complexity index is 385. The van der Waals surface area contributed by atoms with Crippen molar-refractivity contribution in [3.05, 3.63) is 29.8 Å². The molecule has 1 aromatic carbocycles. The summed E-state index contributed by atoms with van der Waals surface area (Å²) >= 11 is 0. The molecule has 2 N–H and O–H groups in total. The van der Waals surface area contributed by atoms with Gasteiger partial charge in [-0.15, -0.1) is 0 Å². The van der Waals surface area contributed by atoms with Gasteiger partial charge in [0.2, 0.25) is 0 Å². The predicted octanol–water partition coefficient (Wildman–Crippen LogP) is 1.05. The molecule has 0 heterocycles. The number of para-hydroxylation sites is 1. The van der Waals surface area contributed by atoms with Gasteiger partial charge in [0.25, 0.3) is 12.3 Å². The van der Waals surface area contributed by atoms with Gasteiger partial charge in [-0.2, -0.15) is 0 Å². The molecule has 0 aliphatic heterocycles. The van der Waals surface area contributed by atoms with Gasteiger partial charge in [0, 0.05) is 6.54 Å². The Labute approximate surface area is 97.2 Å². The molecule has 0 bridgehead atoms. The van der Waals surface area contributed by atoms with Crippen LogP contribution in [0.15, 0.2) is 24.3 Å². The summed E-state index contributed by atoms with van der Waals surface area (Å²) < 4.78 is 29.0. The normalized spacial score (nSPS) is 12.3. The highest BCUT2D eigenvalue weighted by molar-refractivity contribution is 5.96. The largest absolute Gasteiger partial charge is 0.496 e. The lowest BCUT2D eigenvalue weighted by molar-refractivity contribution is -0.00271. The van der Waals surface area contributed by atoms with E-state index in [1.165, 1.54) is 13.2 Å². The van der Waals surface area contributed by atoms with E-state index in [1.807, 2.05) is 0 Å². The smallest absolute Gasteiger partial charge is 0.265 e. The van der Waals surface area contributed by atoms with Crippen molar-refractivity contribution >= 4 is 5.91 Å². The molecular formula is C11H13F2NO3. The highest BCUT2D eigenvalue weighted by Crippen LogP contribution is 2.16. The molecule has 0 saturated heterocycles. The highest BCUT2D eigenvalue weighted by Gasteiger charge is 2.18. The maximum Gasteiger partial charge on any atom is 0.265 e. The number of amides is 1. The number of hydrogen-bond acceptors (Lipinski definition) is 3. The molecule has 0 spiro atoms. The Morgan fingerprint density at radius 2 is 2.12 bits per heavy atom. The van der Waals surface area contributed by atoms with Gasteiger partial charge in [-0.1, -0.05) is 12.1 Å². The minimum atomic E-state index is -2.88. The molecule has 0 aliphatic carbocycles. The summed E-state index contributed by atoms with van der Waals surface area (Å²) in [6.07, 6.45) is -4.75. The van der Waals surface area contributed by atoms with Crippen molar-refractivity contribution in [2.24, 2.45) is 0 Å². The Balaban J connectivity index is 2.64. The number of halogens is 2. The van der Waals surface area contributed by atoms with E-state index in [9.17, 15) is 13.6 Å². The second-order valence-electron chi connectivity index (χ2n) is 3.31. The van der Waals surface area contributed by atoms with Crippen molar-refractivity contribution in [1.29, 1.82) is 0 Å². The maximum absolute atomic E-state index is 12.0. The van der Waals surface area contributed by atoms with E-state index >= 15 is 0 Å². The Morgan fingerprint density at radius 3 is 2.71 bits per heavy atom. The highest BCUT2D eigenvalue weighted by atomic mass is 19.3. The van der Waals surface area contributed by atoms with E-state index in [0.29, 0.717) is 5.75 Å². The number of hydrogen-bond donors (Lipinski definition) is 2. The molecule has 1 atom stereocenters. The number of rotatable bonds is 5. The number of ether oxygens (including phenoxy) is 1. The molecule has 1 rings (SSSR count). The maximum atomic E-state index is 12.0. The minimum absolute atomic E-state index is 0.233. The molecule has 6 heteroatoms. The Hall–Kier alpha value is -1.69. The molecule has 0 radical (unpaired) electrons. The van der Waals surface area contributed by atoms with Gasteiger partial charge in [0.1, 0.15) is 11.9 Å². The van der Waals surface area contributed by atoms with Gasteiger partial charge in [-0.3, -0.25) is 4.79 Å². The number of benzene rings is 1. The summed E-state index contributed by atoms with van der Waals surface area (Å²) in [5.74, 6) is -0.223. The first kappa shape index (κ1) is 13.4. The average Bonchev–Trinajstić information content (AvgIpc) is 2.35. The van der Waals surface area contributed by atoms with Crippen molar-refractivity contribution in [1.82, 2.24) is 5.32 Å². The average molecular weight is 245 g/mol. The van der Waals surface area contributed by atoms with Crippen LogP contribution >= 0.6 is 0 Å². The molecule has 17 heavy (non-hydrogen) atoms. The Morgan fingerprint density at radius 1 is 1.47 bits per heavy atom. The Kier molecular flexibility index (Phi) is 4.84. The van der Waals surface area contributed by atoms with Crippen LogP contribution in [0.1, 0.15) is 10.4 Å². The third-order valence-corrected chi connectivity index (χ3v) is 2.11. The molecular weight excluding hydrogens is 232 g/mol. The zero-order valence-electron chi connectivity index (χ0n) is 9.19. The first-order chi connectivity index (χ1) is 8.06. The van der Waals surface area contributed by atoms with E-state index in [0.717, 1.165) is 0 Å². The second-order valence-corrected chi connectivity index (χ2v) is 3.31. The van der Waals surface area contributed by atoms with E-state index in [1.54, 1.807) is 18.2 Å². The van der Waals surface area contributed by atoms with Gasteiger partial charge >= 0.3 is 0 Å². The van der Waals surface area contributed by atoms with Gasteiger partial charge in [0.05, 0.1) is 12.7 Å². The van der Waals surface area contributed by atoms with E-state index < -0.39 is 25.0 Å². The summed E-state index contributed by atoms with van der Waals surface area (Å²) in [6.45, 7) is -0.505. The van der Waals surface area contributed by atoms with Crippen LogP contribution in [0.4, 0.5) is 8.78 Å². The number of carbonyl (C=O) groups is 1. The first-order valence-electron chi connectivity index (χ1n) is 4.93. The van der Waals surface area contributed by atoms with Crippen LogP contribution in [-0.2, 0) is 0 Å². The quantitative estimate of drug-likeness (QED) is 0.815. The molecule has 1 aromatic rings. The summed E-state index contributed by atoms with van der Waals surface area (Å²) in [7, 11) is 1.40. The molecule has 1 unspecified atom stereocenters. The SMILES string of the molecule is COc1ccccc1C(=O)NCC(O)C(F)F. The standard InChI is InChI=1S/C11H13F2NO3/c1-17-9-5-3-2-4-7(9)11(16)14-6-8(15)10(12)13/h2-5,8,10,15H,6H2,1H3,(H,14,16). The molecule has 4 nitrogen and oxygen atoms in total. The fourth-order valence-corrected chi connectivity index (χ4v) is 1.21. The third kappa shape index (κ3) is 3.67. The summed E-state index contributed by atoms with van der Waals surface area (Å²) in [4.78, 5) is 11.6. The van der Waals surface area contributed by atoms with Gasteiger partial charge in [0.15, 0.2) is 0 Å². The van der Waals surface area contributed by atoms with Crippen LogP contribution in [0.2, 0.25) is 0 Å². The fraction of sp³-hybridized carbons (Fsp3) is 0.364. The first-order valence-corrected chi connectivity index (χ1v) is 4.93. The molecule has 0 fully saturated rings. The second kappa shape index (κ2) is 6.15. The zero-order chi connectivity index (χ0) is 12.8. The fourth-order valence-electron chi connectivity index (χ4n) is 1.21. The molecule has 0 saturated carbocycles. The van der Waals surface area contributed by atoms with Crippen LogP contribution in [0.3, 0.4) is 0 Å². The van der Waals surface area contributed by atoms with Crippen LogP contribution in [0.5, 0.6) is 5.75 Å². The van der Waals surface area contributed by atoms with Crippen molar-refractivity contribution in [2.45, 2.75) is 12.5 Å². The lowest BCUT2D eigenvalue weighted by atomic mass is 10.2. The molecule has 0 aliphatic rings. The molecule has 1 amide bonds. The monoisotopic (exact) mass is 245 g/mol. The number of alkyl halides is 2. The van der Waals surface area contributed by atoms with E-state index in [-0.39, 0.29) is 5.56 Å². The van der Waals surface area contributed by atoms with E-state index in [2.05, 4.69) is 5.32 Å².